The number of piperidine rings is 1. The van der Waals surface area contributed by atoms with Gasteiger partial charge in [-0.05, 0) is 49.2 Å². The number of hydrogen-bond donors (Lipinski definition) is 2. The Morgan fingerprint density at radius 2 is 1.93 bits per heavy atom. The summed E-state index contributed by atoms with van der Waals surface area (Å²) in [6, 6.07) is 14.3. The molecule has 1 aliphatic heterocycles. The van der Waals surface area contributed by atoms with Gasteiger partial charge >= 0.3 is 6.03 Å². The van der Waals surface area contributed by atoms with Gasteiger partial charge in [0.2, 0.25) is 15.9 Å². The predicted molar refractivity (Wildman–Crippen MR) is 111 cm³/mol. The second-order valence-corrected chi connectivity index (χ2v) is 8.95. The fourth-order valence-corrected chi connectivity index (χ4v) is 4.25. The van der Waals surface area contributed by atoms with Crippen molar-refractivity contribution in [2.45, 2.75) is 18.9 Å². The Morgan fingerprint density at radius 1 is 1.17 bits per heavy atom. The van der Waals surface area contributed by atoms with Crippen LogP contribution in [0.3, 0.4) is 0 Å². The van der Waals surface area contributed by atoms with Crippen LogP contribution in [0.1, 0.15) is 12.8 Å². The minimum atomic E-state index is -3.30. The molecule has 1 aromatic heterocycles. The standard InChI is InChI=1S/C20H22N4O4S/c1-29(26,27)23-16-5-4-12-24(13-16)20(25)21-15-10-8-14(9-11-15)19-22-17-6-2-3-7-18(17)28-19/h2-3,6-11,16,23H,4-5,12-13H2,1H3,(H,21,25)/t16-/m1/s1. The van der Waals surface area contributed by atoms with Crippen molar-refractivity contribution in [3.05, 3.63) is 48.5 Å². The number of likely N-dealkylation sites (tertiary alicyclic amines) is 1. The van der Waals surface area contributed by atoms with Gasteiger partial charge in [-0.3, -0.25) is 0 Å². The molecule has 4 rings (SSSR count). The molecule has 0 radical (unpaired) electrons. The first-order chi connectivity index (χ1) is 13.9. The predicted octanol–water partition coefficient (Wildman–Crippen LogP) is 3.04. The largest absolute Gasteiger partial charge is 0.436 e. The number of oxazole rings is 1. The molecule has 0 saturated carbocycles. The number of aromatic nitrogens is 1. The molecule has 2 amide bonds. The summed E-state index contributed by atoms with van der Waals surface area (Å²) in [7, 11) is -3.30. The fourth-order valence-electron chi connectivity index (χ4n) is 3.45. The first-order valence-electron chi connectivity index (χ1n) is 9.37. The van der Waals surface area contributed by atoms with Gasteiger partial charge in [-0.25, -0.2) is 22.9 Å². The zero-order valence-corrected chi connectivity index (χ0v) is 16.8. The lowest BCUT2D eigenvalue weighted by atomic mass is 10.1. The Balaban J connectivity index is 1.41. The maximum atomic E-state index is 12.6. The molecule has 0 aliphatic carbocycles. The highest BCUT2D eigenvalue weighted by Gasteiger charge is 2.25. The third-order valence-corrected chi connectivity index (χ3v) is 5.53. The normalized spacial score (nSPS) is 17.4. The van der Waals surface area contributed by atoms with Gasteiger partial charge in [-0.15, -0.1) is 0 Å². The van der Waals surface area contributed by atoms with Crippen molar-refractivity contribution in [1.82, 2.24) is 14.6 Å². The van der Waals surface area contributed by atoms with E-state index in [4.69, 9.17) is 4.42 Å². The maximum absolute atomic E-state index is 12.6. The highest BCUT2D eigenvalue weighted by atomic mass is 32.2. The first kappa shape index (κ1) is 19.4. The van der Waals surface area contributed by atoms with Gasteiger partial charge in [0.25, 0.3) is 0 Å². The van der Waals surface area contributed by atoms with E-state index in [-0.39, 0.29) is 12.1 Å². The number of nitrogens with one attached hydrogen (secondary N) is 2. The van der Waals surface area contributed by atoms with Crippen LogP contribution in [0.2, 0.25) is 0 Å². The van der Waals surface area contributed by atoms with Gasteiger partial charge in [0.15, 0.2) is 5.58 Å². The molecule has 9 heteroatoms. The lowest BCUT2D eigenvalue weighted by Crippen LogP contribution is -2.50. The van der Waals surface area contributed by atoms with E-state index < -0.39 is 10.0 Å². The SMILES string of the molecule is CS(=O)(=O)N[C@@H]1CCCN(C(=O)Nc2ccc(-c3nc4ccccc4o3)cc2)C1. The smallest absolute Gasteiger partial charge is 0.321 e. The Hall–Kier alpha value is -2.91. The molecule has 2 N–H and O–H groups in total. The second kappa shape index (κ2) is 7.84. The molecular weight excluding hydrogens is 392 g/mol. The van der Waals surface area contributed by atoms with Crippen LogP contribution in [0.15, 0.2) is 52.9 Å². The van der Waals surface area contributed by atoms with Gasteiger partial charge in [0.05, 0.1) is 6.26 Å². The minimum Gasteiger partial charge on any atom is -0.436 e. The van der Waals surface area contributed by atoms with Crippen molar-refractivity contribution in [1.29, 1.82) is 0 Å². The van der Waals surface area contributed by atoms with Gasteiger partial charge in [0, 0.05) is 30.4 Å². The topological polar surface area (TPSA) is 105 Å². The number of anilines is 1. The van der Waals surface area contributed by atoms with Crippen LogP contribution in [-0.2, 0) is 10.0 Å². The number of fused-ring (bicyclic) bond motifs is 1. The van der Waals surface area contributed by atoms with E-state index in [9.17, 15) is 13.2 Å². The molecule has 1 saturated heterocycles. The maximum Gasteiger partial charge on any atom is 0.321 e. The molecule has 0 bridgehead atoms. The van der Waals surface area contributed by atoms with E-state index in [1.807, 2.05) is 36.4 Å². The number of carbonyl (C=O) groups is 1. The van der Waals surface area contributed by atoms with Crippen molar-refractivity contribution in [2.75, 3.05) is 24.7 Å². The summed E-state index contributed by atoms with van der Waals surface area (Å²) in [5.74, 6) is 0.523. The number of carbonyl (C=O) groups excluding carboxylic acids is 1. The van der Waals surface area contributed by atoms with Crippen molar-refractivity contribution in [3.8, 4) is 11.5 Å². The molecule has 1 aliphatic rings. The minimum absolute atomic E-state index is 0.250. The highest BCUT2D eigenvalue weighted by Crippen LogP contribution is 2.25. The molecule has 3 aromatic rings. The van der Waals surface area contributed by atoms with E-state index in [0.717, 1.165) is 35.8 Å². The van der Waals surface area contributed by atoms with Crippen LogP contribution >= 0.6 is 0 Å². The van der Waals surface area contributed by atoms with Gasteiger partial charge in [0.1, 0.15) is 5.52 Å². The van der Waals surface area contributed by atoms with E-state index in [1.54, 1.807) is 17.0 Å². The quantitative estimate of drug-likeness (QED) is 0.683. The molecular formula is C20H22N4O4S. The fraction of sp³-hybridized carbons (Fsp3) is 0.300. The van der Waals surface area contributed by atoms with Crippen LogP contribution < -0.4 is 10.0 Å². The lowest BCUT2D eigenvalue weighted by Gasteiger charge is -2.32. The number of sulfonamides is 1. The molecule has 152 valence electrons. The molecule has 0 spiro atoms. The molecule has 2 heterocycles. The van der Waals surface area contributed by atoms with Crippen molar-refractivity contribution < 1.29 is 17.6 Å². The van der Waals surface area contributed by atoms with Crippen molar-refractivity contribution in [2.24, 2.45) is 0 Å². The number of urea groups is 1. The first-order valence-corrected chi connectivity index (χ1v) is 11.3. The number of para-hydroxylation sites is 2. The summed E-state index contributed by atoms with van der Waals surface area (Å²) >= 11 is 0. The lowest BCUT2D eigenvalue weighted by molar-refractivity contribution is 0.190. The van der Waals surface area contributed by atoms with E-state index in [0.29, 0.717) is 24.7 Å². The second-order valence-electron chi connectivity index (χ2n) is 7.17. The van der Waals surface area contributed by atoms with E-state index >= 15 is 0 Å². The average Bonchev–Trinajstić information content (AvgIpc) is 3.11. The van der Waals surface area contributed by atoms with Crippen molar-refractivity contribution in [3.63, 3.8) is 0 Å². The third-order valence-electron chi connectivity index (χ3n) is 4.77. The Morgan fingerprint density at radius 3 is 2.66 bits per heavy atom. The van der Waals surface area contributed by atoms with Crippen LogP contribution in [-0.4, -0.2) is 49.7 Å². The number of rotatable bonds is 4. The van der Waals surface area contributed by atoms with Crippen molar-refractivity contribution >= 4 is 32.8 Å². The van der Waals surface area contributed by atoms with E-state index in [1.165, 1.54) is 0 Å². The third kappa shape index (κ3) is 4.75. The van der Waals surface area contributed by atoms with Gasteiger partial charge in [-0.1, -0.05) is 12.1 Å². The monoisotopic (exact) mass is 414 g/mol. The number of nitrogens with zero attached hydrogens (tertiary/aromatic N) is 2. The highest BCUT2D eigenvalue weighted by molar-refractivity contribution is 7.88. The summed E-state index contributed by atoms with van der Waals surface area (Å²) in [4.78, 5) is 18.7. The molecule has 0 unspecified atom stereocenters. The van der Waals surface area contributed by atoms with Crippen LogP contribution in [0.5, 0.6) is 0 Å². The summed E-state index contributed by atoms with van der Waals surface area (Å²) in [6.07, 6.45) is 2.59. The molecule has 8 nitrogen and oxygen atoms in total. The molecule has 1 atom stereocenters. The summed E-state index contributed by atoms with van der Waals surface area (Å²) < 4.78 is 31.2. The Bertz CT molecular complexity index is 1090. The van der Waals surface area contributed by atoms with Gasteiger partial charge in [-0.2, -0.15) is 0 Å². The molecule has 2 aromatic carbocycles. The van der Waals surface area contributed by atoms with E-state index in [2.05, 4.69) is 15.0 Å². The van der Waals surface area contributed by atoms with Gasteiger partial charge < -0.3 is 14.6 Å². The Labute approximate surface area is 169 Å². The summed E-state index contributed by atoms with van der Waals surface area (Å²) in [5.41, 5.74) is 2.98. The zero-order chi connectivity index (χ0) is 20.4. The molecule has 29 heavy (non-hydrogen) atoms. The number of benzene rings is 2. The van der Waals surface area contributed by atoms with Crippen LogP contribution in [0.4, 0.5) is 10.5 Å². The van der Waals surface area contributed by atoms with Crippen LogP contribution in [0.25, 0.3) is 22.6 Å². The zero-order valence-electron chi connectivity index (χ0n) is 16.0. The van der Waals surface area contributed by atoms with Crippen LogP contribution in [0, 0.1) is 0 Å². The number of hydrogen-bond acceptors (Lipinski definition) is 5. The Kier molecular flexibility index (Phi) is 5.25. The summed E-state index contributed by atoms with van der Waals surface area (Å²) in [5, 5.41) is 2.86. The number of amides is 2. The average molecular weight is 414 g/mol. The summed E-state index contributed by atoms with van der Waals surface area (Å²) in [6.45, 7) is 0.939. The molecule has 1 fully saturated rings.